The third-order valence-corrected chi connectivity index (χ3v) is 6.74. The summed E-state index contributed by atoms with van der Waals surface area (Å²) in [7, 11) is -3.40. The second-order valence-electron chi connectivity index (χ2n) is 6.57. The summed E-state index contributed by atoms with van der Waals surface area (Å²) in [5.74, 6) is 0.562. The van der Waals surface area contributed by atoms with Gasteiger partial charge in [0.05, 0.1) is 0 Å². The van der Waals surface area contributed by atoms with Gasteiger partial charge in [0.1, 0.15) is 0 Å². The molecule has 2 aliphatic carbocycles. The first-order valence-electron chi connectivity index (χ1n) is 7.83. The Morgan fingerprint density at radius 3 is 2.67 bits per heavy atom. The van der Waals surface area contributed by atoms with Crippen molar-refractivity contribution in [1.29, 1.82) is 0 Å². The highest BCUT2D eigenvalue weighted by atomic mass is 32.2. The Labute approximate surface area is 125 Å². The highest BCUT2D eigenvalue weighted by Gasteiger charge is 2.44. The lowest BCUT2D eigenvalue weighted by atomic mass is 10.1. The van der Waals surface area contributed by atoms with E-state index in [1.165, 1.54) is 19.3 Å². The Balaban J connectivity index is 1.49. The van der Waals surface area contributed by atoms with Crippen LogP contribution in [0.5, 0.6) is 0 Å². The summed E-state index contributed by atoms with van der Waals surface area (Å²) in [6, 6.07) is 4.39. The third kappa shape index (κ3) is 2.60. The summed E-state index contributed by atoms with van der Waals surface area (Å²) in [4.78, 5) is 4.21. The smallest absolute Gasteiger partial charge is 0.260 e. The van der Waals surface area contributed by atoms with E-state index in [0.717, 1.165) is 24.9 Å². The normalized spacial score (nSPS) is 29.1. The molecule has 2 bridgehead atoms. The van der Waals surface area contributed by atoms with Crippen molar-refractivity contribution in [3.8, 4) is 0 Å². The molecule has 114 valence electrons. The van der Waals surface area contributed by atoms with Gasteiger partial charge in [-0.2, -0.15) is 4.31 Å². The van der Waals surface area contributed by atoms with Gasteiger partial charge in [-0.25, -0.2) is 13.4 Å². The largest absolute Gasteiger partial charge is 0.310 e. The van der Waals surface area contributed by atoms with E-state index >= 15 is 0 Å². The number of nitrogens with zero attached hydrogens (tertiary/aromatic N) is 2. The molecule has 3 fully saturated rings. The molecule has 0 radical (unpaired) electrons. The van der Waals surface area contributed by atoms with Crippen LogP contribution in [0, 0.1) is 5.92 Å². The lowest BCUT2D eigenvalue weighted by molar-refractivity contribution is 0.332. The van der Waals surface area contributed by atoms with Gasteiger partial charge >= 0.3 is 0 Å². The molecule has 5 nitrogen and oxygen atoms in total. The van der Waals surface area contributed by atoms with Crippen molar-refractivity contribution in [3.05, 3.63) is 23.9 Å². The molecule has 0 spiro atoms. The fourth-order valence-corrected chi connectivity index (χ4v) is 5.17. The number of hydrogen-bond donors (Lipinski definition) is 1. The number of piperidine rings is 1. The lowest BCUT2D eigenvalue weighted by Crippen LogP contribution is -2.38. The van der Waals surface area contributed by atoms with Crippen molar-refractivity contribution < 1.29 is 8.42 Å². The van der Waals surface area contributed by atoms with Crippen molar-refractivity contribution in [3.63, 3.8) is 0 Å². The van der Waals surface area contributed by atoms with Crippen molar-refractivity contribution in [2.75, 3.05) is 6.54 Å². The quantitative estimate of drug-likeness (QED) is 0.895. The van der Waals surface area contributed by atoms with Crippen LogP contribution < -0.4 is 5.32 Å². The molecule has 2 unspecified atom stereocenters. The molecule has 0 amide bonds. The molecule has 2 atom stereocenters. The molecule has 6 heteroatoms. The highest BCUT2D eigenvalue weighted by Crippen LogP contribution is 2.40. The van der Waals surface area contributed by atoms with Gasteiger partial charge in [0, 0.05) is 31.4 Å². The number of nitrogens with one attached hydrogen (secondary N) is 1. The number of rotatable bonds is 5. The van der Waals surface area contributed by atoms with Gasteiger partial charge in [-0.1, -0.05) is 6.07 Å². The van der Waals surface area contributed by atoms with Crippen LogP contribution in [-0.4, -0.2) is 36.3 Å². The summed E-state index contributed by atoms with van der Waals surface area (Å²) < 4.78 is 27.0. The Hall–Kier alpha value is -0.980. The number of sulfonamides is 1. The second-order valence-corrected chi connectivity index (χ2v) is 8.40. The summed E-state index contributed by atoms with van der Waals surface area (Å²) in [6.45, 7) is 1.45. The fraction of sp³-hybridized carbons (Fsp3) is 0.667. The van der Waals surface area contributed by atoms with Gasteiger partial charge in [0.15, 0.2) is 5.03 Å². The van der Waals surface area contributed by atoms with Crippen LogP contribution >= 0.6 is 0 Å². The van der Waals surface area contributed by atoms with Crippen LogP contribution in [0.2, 0.25) is 0 Å². The topological polar surface area (TPSA) is 62.3 Å². The van der Waals surface area contributed by atoms with Crippen LogP contribution in [0.25, 0.3) is 0 Å². The minimum absolute atomic E-state index is 0.199. The number of hydrogen-bond acceptors (Lipinski definition) is 4. The predicted octanol–water partition coefficient (Wildman–Crippen LogP) is 1.51. The molecule has 0 aromatic carbocycles. The van der Waals surface area contributed by atoms with E-state index < -0.39 is 10.0 Å². The van der Waals surface area contributed by atoms with E-state index in [4.69, 9.17) is 0 Å². The van der Waals surface area contributed by atoms with E-state index in [1.807, 2.05) is 6.07 Å². The molecule has 1 N–H and O–H groups in total. The van der Waals surface area contributed by atoms with Crippen LogP contribution in [0.3, 0.4) is 0 Å². The Bertz CT molecular complexity index is 625. The van der Waals surface area contributed by atoms with E-state index in [1.54, 1.807) is 16.6 Å². The molecule has 1 aromatic heterocycles. The summed E-state index contributed by atoms with van der Waals surface area (Å²) in [5, 5.41) is 3.61. The van der Waals surface area contributed by atoms with Gasteiger partial charge in [-0.3, -0.25) is 0 Å². The summed E-state index contributed by atoms with van der Waals surface area (Å²) in [5.41, 5.74) is 1.05. The van der Waals surface area contributed by atoms with Crippen molar-refractivity contribution in [1.82, 2.24) is 14.6 Å². The number of fused-ring (bicyclic) bond motifs is 2. The van der Waals surface area contributed by atoms with Crippen LogP contribution in [0.4, 0.5) is 0 Å². The Kier molecular flexibility index (Phi) is 3.28. The second kappa shape index (κ2) is 5.04. The first-order chi connectivity index (χ1) is 10.1. The first kappa shape index (κ1) is 13.7. The van der Waals surface area contributed by atoms with Gasteiger partial charge in [0.2, 0.25) is 0 Å². The van der Waals surface area contributed by atoms with Gasteiger partial charge in [-0.15, -0.1) is 0 Å². The molecule has 1 saturated heterocycles. The number of pyridine rings is 1. The van der Waals surface area contributed by atoms with E-state index in [2.05, 4.69) is 10.3 Å². The average molecular weight is 307 g/mol. The highest BCUT2D eigenvalue weighted by molar-refractivity contribution is 7.89. The van der Waals surface area contributed by atoms with E-state index in [9.17, 15) is 8.42 Å². The van der Waals surface area contributed by atoms with Crippen LogP contribution in [0.1, 0.15) is 37.7 Å². The van der Waals surface area contributed by atoms with Crippen molar-refractivity contribution >= 4 is 10.0 Å². The maximum Gasteiger partial charge on any atom is 0.260 e. The lowest BCUT2D eigenvalue weighted by Gasteiger charge is -2.25. The van der Waals surface area contributed by atoms with Gasteiger partial charge in [0.25, 0.3) is 10.0 Å². The van der Waals surface area contributed by atoms with Gasteiger partial charge < -0.3 is 5.32 Å². The predicted molar refractivity (Wildman–Crippen MR) is 79.1 cm³/mol. The molecular formula is C15H21N3O2S. The van der Waals surface area contributed by atoms with Crippen LogP contribution in [-0.2, 0) is 16.6 Å². The summed E-state index contributed by atoms with van der Waals surface area (Å²) in [6.07, 6.45) is 7.40. The minimum Gasteiger partial charge on any atom is -0.310 e. The zero-order chi connectivity index (χ0) is 14.4. The summed E-state index contributed by atoms with van der Waals surface area (Å²) >= 11 is 0. The third-order valence-electron chi connectivity index (χ3n) is 4.90. The fourth-order valence-electron chi connectivity index (χ4n) is 3.51. The molecule has 3 aliphatic rings. The molecule has 1 aliphatic heterocycles. The Morgan fingerprint density at radius 2 is 2.10 bits per heavy atom. The monoisotopic (exact) mass is 307 g/mol. The molecule has 21 heavy (non-hydrogen) atoms. The zero-order valence-corrected chi connectivity index (χ0v) is 12.8. The zero-order valence-electron chi connectivity index (χ0n) is 12.0. The molecule has 1 aromatic rings. The van der Waals surface area contributed by atoms with E-state index in [0.29, 0.717) is 18.5 Å². The molecule has 2 saturated carbocycles. The Morgan fingerprint density at radius 1 is 1.24 bits per heavy atom. The van der Waals surface area contributed by atoms with Crippen molar-refractivity contribution in [2.24, 2.45) is 5.92 Å². The van der Waals surface area contributed by atoms with Crippen LogP contribution in [0.15, 0.2) is 23.4 Å². The molecular weight excluding hydrogens is 286 g/mol. The maximum absolute atomic E-state index is 12.7. The molecule has 2 heterocycles. The van der Waals surface area contributed by atoms with E-state index in [-0.39, 0.29) is 11.1 Å². The number of aromatic nitrogens is 1. The minimum atomic E-state index is -3.40. The maximum atomic E-state index is 12.7. The standard InChI is InChI=1S/C15H21N3O2S/c19-21(20,18-10-11-1-5-14(18)7-11)15-6-2-12(9-17-15)8-16-13-3-4-13/h2,6,9,11,13-14,16H,1,3-5,7-8,10H2. The average Bonchev–Trinajstić information content (AvgIpc) is 3.07. The SMILES string of the molecule is O=S(=O)(c1ccc(CNC2CC2)cn1)N1CC2CCC1C2. The molecule has 4 rings (SSSR count). The van der Waals surface area contributed by atoms with Gasteiger partial charge in [-0.05, 0) is 49.7 Å². The van der Waals surface area contributed by atoms with Crippen molar-refractivity contribution in [2.45, 2.75) is 55.8 Å². The first-order valence-corrected chi connectivity index (χ1v) is 9.27.